The van der Waals surface area contributed by atoms with Gasteiger partial charge in [-0.15, -0.1) is 0 Å². The molecule has 24 heavy (non-hydrogen) atoms. The Kier molecular flexibility index (Phi) is 5.80. The maximum Gasteiger partial charge on any atom is 0.261 e. The SMILES string of the molecule is COC(c1ccc(Cl)cc1)C(C)NC(=O)c1c(C)cc(C)[nH]c1=O. The Morgan fingerprint density at radius 1 is 1.25 bits per heavy atom. The summed E-state index contributed by atoms with van der Waals surface area (Å²) in [6, 6.07) is 8.68. The number of carbonyl (C=O) groups excluding carboxylic acids is 1. The Balaban J connectivity index is 2.21. The van der Waals surface area contributed by atoms with Crippen LogP contribution in [0.15, 0.2) is 35.1 Å². The molecule has 2 rings (SSSR count). The molecule has 0 aliphatic heterocycles. The number of H-pyrrole nitrogens is 1. The molecular formula is C18H21ClN2O3. The Labute approximate surface area is 146 Å². The van der Waals surface area contributed by atoms with Crippen molar-refractivity contribution in [1.82, 2.24) is 10.3 Å². The van der Waals surface area contributed by atoms with Gasteiger partial charge in [-0.25, -0.2) is 0 Å². The lowest BCUT2D eigenvalue weighted by atomic mass is 10.0. The summed E-state index contributed by atoms with van der Waals surface area (Å²) in [6.45, 7) is 5.35. The van der Waals surface area contributed by atoms with Crippen molar-refractivity contribution in [3.8, 4) is 0 Å². The number of aryl methyl sites for hydroxylation is 2. The molecule has 1 aromatic heterocycles. The Morgan fingerprint density at radius 2 is 1.88 bits per heavy atom. The number of aromatic nitrogens is 1. The quantitative estimate of drug-likeness (QED) is 0.871. The lowest BCUT2D eigenvalue weighted by molar-refractivity contribution is 0.0644. The van der Waals surface area contributed by atoms with Gasteiger partial charge in [-0.2, -0.15) is 0 Å². The second kappa shape index (κ2) is 7.64. The van der Waals surface area contributed by atoms with Crippen molar-refractivity contribution in [3.05, 3.63) is 68.1 Å². The van der Waals surface area contributed by atoms with Gasteiger partial charge in [0.1, 0.15) is 11.7 Å². The van der Waals surface area contributed by atoms with Gasteiger partial charge in [-0.1, -0.05) is 23.7 Å². The maximum absolute atomic E-state index is 12.5. The molecule has 2 unspecified atom stereocenters. The van der Waals surface area contributed by atoms with E-state index >= 15 is 0 Å². The summed E-state index contributed by atoms with van der Waals surface area (Å²) in [7, 11) is 1.58. The first-order chi connectivity index (χ1) is 11.3. The van der Waals surface area contributed by atoms with Crippen LogP contribution in [0.2, 0.25) is 5.02 Å². The fourth-order valence-corrected chi connectivity index (χ4v) is 2.90. The number of pyridine rings is 1. The molecule has 0 saturated heterocycles. The molecule has 1 heterocycles. The average molecular weight is 349 g/mol. The van der Waals surface area contributed by atoms with Crippen LogP contribution < -0.4 is 10.9 Å². The van der Waals surface area contributed by atoms with Crippen LogP contribution in [0.4, 0.5) is 0 Å². The summed E-state index contributed by atoms with van der Waals surface area (Å²) in [6.07, 6.45) is -0.351. The van der Waals surface area contributed by atoms with Gasteiger partial charge in [0.05, 0.1) is 6.04 Å². The van der Waals surface area contributed by atoms with E-state index < -0.39 is 11.5 Å². The number of hydrogen-bond acceptors (Lipinski definition) is 3. The number of rotatable bonds is 5. The number of amides is 1. The smallest absolute Gasteiger partial charge is 0.261 e. The third-order valence-electron chi connectivity index (χ3n) is 3.86. The molecule has 6 heteroatoms. The van der Waals surface area contributed by atoms with E-state index in [1.807, 2.05) is 19.1 Å². The summed E-state index contributed by atoms with van der Waals surface area (Å²) >= 11 is 5.90. The number of hydrogen-bond donors (Lipinski definition) is 2. The molecule has 128 valence electrons. The molecule has 0 fully saturated rings. The van der Waals surface area contributed by atoms with Crippen LogP contribution in [0.1, 0.15) is 40.2 Å². The van der Waals surface area contributed by atoms with Gasteiger partial charge in [0, 0.05) is 17.8 Å². The van der Waals surface area contributed by atoms with E-state index in [1.165, 1.54) is 0 Å². The van der Waals surface area contributed by atoms with E-state index in [0.29, 0.717) is 10.6 Å². The third-order valence-corrected chi connectivity index (χ3v) is 4.11. The minimum absolute atomic E-state index is 0.124. The molecule has 0 bridgehead atoms. The minimum atomic E-state index is -0.419. The molecular weight excluding hydrogens is 328 g/mol. The number of ether oxygens (including phenoxy) is 1. The molecule has 1 aromatic carbocycles. The predicted octanol–water partition coefficient (Wildman–Crippen LogP) is 3.15. The van der Waals surface area contributed by atoms with Gasteiger partial charge in [0.2, 0.25) is 0 Å². The van der Waals surface area contributed by atoms with E-state index in [-0.39, 0.29) is 17.7 Å². The molecule has 0 saturated carbocycles. The molecule has 1 amide bonds. The first-order valence-electron chi connectivity index (χ1n) is 7.63. The first kappa shape index (κ1) is 18.2. The summed E-state index contributed by atoms with van der Waals surface area (Å²) in [5, 5.41) is 3.48. The van der Waals surface area contributed by atoms with Crippen molar-refractivity contribution in [1.29, 1.82) is 0 Å². The van der Waals surface area contributed by atoms with Gasteiger partial charge in [-0.3, -0.25) is 9.59 Å². The zero-order chi connectivity index (χ0) is 17.9. The Morgan fingerprint density at radius 3 is 2.42 bits per heavy atom. The van der Waals surface area contributed by atoms with Gasteiger partial charge in [0.15, 0.2) is 0 Å². The highest BCUT2D eigenvalue weighted by molar-refractivity contribution is 6.30. The monoisotopic (exact) mass is 348 g/mol. The van der Waals surface area contributed by atoms with Crippen LogP contribution in [0, 0.1) is 13.8 Å². The highest BCUT2D eigenvalue weighted by atomic mass is 35.5. The van der Waals surface area contributed by atoms with Gasteiger partial charge in [0.25, 0.3) is 11.5 Å². The number of methoxy groups -OCH3 is 1. The van der Waals surface area contributed by atoms with E-state index in [2.05, 4.69) is 10.3 Å². The standard InChI is InChI=1S/C18H21ClN2O3/c1-10-9-11(2)20-17(22)15(10)18(23)21-12(3)16(24-4)13-5-7-14(19)8-6-13/h5-9,12,16H,1-4H3,(H,20,22)(H,21,23). The zero-order valence-corrected chi connectivity index (χ0v) is 14.9. The van der Waals surface area contributed by atoms with Crippen molar-refractivity contribution >= 4 is 17.5 Å². The summed E-state index contributed by atoms with van der Waals surface area (Å²) in [5.41, 5.74) is 1.99. The molecule has 0 spiro atoms. The normalized spacial score (nSPS) is 13.4. The number of benzene rings is 1. The maximum atomic E-state index is 12.5. The Hall–Kier alpha value is -2.11. The highest BCUT2D eigenvalue weighted by Crippen LogP contribution is 2.22. The number of halogens is 1. The average Bonchev–Trinajstić information content (AvgIpc) is 2.48. The third kappa shape index (κ3) is 4.04. The topological polar surface area (TPSA) is 71.2 Å². The molecule has 2 aromatic rings. The largest absolute Gasteiger partial charge is 0.375 e. The minimum Gasteiger partial charge on any atom is -0.375 e. The van der Waals surface area contributed by atoms with Crippen LogP contribution >= 0.6 is 11.6 Å². The van der Waals surface area contributed by atoms with E-state index in [9.17, 15) is 9.59 Å². The van der Waals surface area contributed by atoms with Gasteiger partial charge < -0.3 is 15.0 Å². The van der Waals surface area contributed by atoms with E-state index in [4.69, 9.17) is 16.3 Å². The second-order valence-corrected chi connectivity index (χ2v) is 6.25. The highest BCUT2D eigenvalue weighted by Gasteiger charge is 2.23. The molecule has 0 aliphatic rings. The summed E-state index contributed by atoms with van der Waals surface area (Å²) in [4.78, 5) is 27.2. The fourth-order valence-electron chi connectivity index (χ4n) is 2.77. The van der Waals surface area contributed by atoms with Crippen molar-refractivity contribution in [2.75, 3.05) is 7.11 Å². The fraction of sp³-hybridized carbons (Fsp3) is 0.333. The van der Waals surface area contributed by atoms with Crippen LogP contribution in [0.25, 0.3) is 0 Å². The lowest BCUT2D eigenvalue weighted by Gasteiger charge is -2.24. The number of aromatic amines is 1. The second-order valence-electron chi connectivity index (χ2n) is 5.81. The molecule has 0 aliphatic carbocycles. The van der Waals surface area contributed by atoms with E-state index in [0.717, 1.165) is 11.3 Å². The van der Waals surface area contributed by atoms with Crippen LogP contribution in [-0.4, -0.2) is 24.0 Å². The van der Waals surface area contributed by atoms with Crippen LogP contribution in [-0.2, 0) is 4.74 Å². The first-order valence-corrected chi connectivity index (χ1v) is 8.01. The van der Waals surface area contributed by atoms with Crippen LogP contribution in [0.5, 0.6) is 0 Å². The number of carbonyl (C=O) groups is 1. The Bertz CT molecular complexity index is 784. The molecule has 5 nitrogen and oxygen atoms in total. The molecule has 0 radical (unpaired) electrons. The molecule has 2 N–H and O–H groups in total. The summed E-state index contributed by atoms with van der Waals surface area (Å²) < 4.78 is 5.51. The van der Waals surface area contributed by atoms with Crippen molar-refractivity contribution in [2.45, 2.75) is 32.9 Å². The van der Waals surface area contributed by atoms with Gasteiger partial charge in [-0.05, 0) is 50.1 Å². The van der Waals surface area contributed by atoms with Crippen LogP contribution in [0.3, 0.4) is 0 Å². The summed E-state index contributed by atoms with van der Waals surface area (Å²) in [5.74, 6) is -0.419. The van der Waals surface area contributed by atoms with Gasteiger partial charge >= 0.3 is 0 Å². The predicted molar refractivity (Wildman–Crippen MR) is 94.7 cm³/mol. The lowest BCUT2D eigenvalue weighted by Crippen LogP contribution is -2.40. The van der Waals surface area contributed by atoms with Crippen molar-refractivity contribution in [3.63, 3.8) is 0 Å². The van der Waals surface area contributed by atoms with E-state index in [1.54, 1.807) is 39.2 Å². The molecule has 2 atom stereocenters. The van der Waals surface area contributed by atoms with Crippen molar-refractivity contribution in [2.24, 2.45) is 0 Å². The zero-order valence-electron chi connectivity index (χ0n) is 14.1. The number of nitrogens with one attached hydrogen (secondary N) is 2. The van der Waals surface area contributed by atoms with Crippen molar-refractivity contribution < 1.29 is 9.53 Å².